The van der Waals surface area contributed by atoms with Gasteiger partial charge >= 0.3 is 0 Å². The third-order valence-electron chi connectivity index (χ3n) is 4.05. The fourth-order valence-electron chi connectivity index (χ4n) is 2.39. The van der Waals surface area contributed by atoms with Crippen LogP contribution in [0.25, 0.3) is 11.3 Å². The molecular formula is C18H26FN3OS. The molecule has 4 nitrogen and oxygen atoms in total. The smallest absolute Gasteiger partial charge is 0.236 e. The van der Waals surface area contributed by atoms with Crippen LogP contribution in [0, 0.1) is 12.7 Å². The zero-order chi connectivity index (χ0) is 18.3. The van der Waals surface area contributed by atoms with Crippen molar-refractivity contribution in [1.29, 1.82) is 0 Å². The van der Waals surface area contributed by atoms with Gasteiger partial charge in [-0.05, 0) is 51.9 Å². The number of anilines is 1. The normalized spacial score (nSPS) is 13.6. The lowest BCUT2D eigenvalue weighted by Crippen LogP contribution is -2.46. The molecule has 0 atom stereocenters. The highest BCUT2D eigenvalue weighted by atomic mass is 32.3. The van der Waals surface area contributed by atoms with Gasteiger partial charge in [0.25, 0.3) is 0 Å². The Labute approximate surface area is 143 Å². The van der Waals surface area contributed by atoms with E-state index in [1.165, 1.54) is 12.1 Å². The number of hydrogen-bond acceptors (Lipinski definition) is 3. The average Bonchev–Trinajstić information content (AvgIpc) is 2.46. The van der Waals surface area contributed by atoms with Gasteiger partial charge in [-0.15, -0.1) is 0 Å². The number of nitrogens with zero attached hydrogens (tertiary/aromatic N) is 3. The first-order valence-electron chi connectivity index (χ1n) is 7.84. The van der Waals surface area contributed by atoms with E-state index >= 15 is 0 Å². The van der Waals surface area contributed by atoms with E-state index in [0.29, 0.717) is 5.95 Å². The first-order valence-corrected chi connectivity index (χ1v) is 11.0. The first kappa shape index (κ1) is 18.5. The maximum atomic E-state index is 13.2. The van der Waals surface area contributed by atoms with Gasteiger partial charge in [0.2, 0.25) is 5.95 Å². The van der Waals surface area contributed by atoms with Gasteiger partial charge in [0.05, 0.1) is 11.4 Å². The average molecular weight is 351 g/mol. The second-order valence-electron chi connectivity index (χ2n) is 7.39. The Kier molecular flexibility index (Phi) is 4.57. The quantitative estimate of drug-likeness (QED) is 0.842. The van der Waals surface area contributed by atoms with Gasteiger partial charge in [-0.1, -0.05) is 13.8 Å². The summed E-state index contributed by atoms with van der Waals surface area (Å²) in [6.45, 7) is 6.09. The molecular weight excluding hydrogens is 325 g/mol. The minimum absolute atomic E-state index is 0.194. The molecule has 132 valence electrons. The Bertz CT molecular complexity index is 814. The molecule has 2 rings (SSSR count). The SMILES string of the molecule is Cc1c(-c2ccc(F)cc2)nc(N(C)S(C)(C)(C)=O)nc1C(C)C. The van der Waals surface area contributed by atoms with Crippen molar-refractivity contribution in [2.75, 3.05) is 30.1 Å². The maximum Gasteiger partial charge on any atom is 0.236 e. The third kappa shape index (κ3) is 3.80. The highest BCUT2D eigenvalue weighted by Gasteiger charge is 2.28. The summed E-state index contributed by atoms with van der Waals surface area (Å²) in [6, 6.07) is 6.25. The highest BCUT2D eigenvalue weighted by molar-refractivity contribution is 8.19. The van der Waals surface area contributed by atoms with Crippen LogP contribution < -0.4 is 4.31 Å². The van der Waals surface area contributed by atoms with Crippen molar-refractivity contribution < 1.29 is 8.60 Å². The van der Waals surface area contributed by atoms with Gasteiger partial charge in [0, 0.05) is 31.4 Å². The van der Waals surface area contributed by atoms with Crippen LogP contribution in [0.15, 0.2) is 24.3 Å². The lowest BCUT2D eigenvalue weighted by Gasteiger charge is -2.39. The lowest BCUT2D eigenvalue weighted by atomic mass is 10.00. The van der Waals surface area contributed by atoms with Crippen LogP contribution in [-0.4, -0.2) is 40.0 Å². The van der Waals surface area contributed by atoms with Crippen molar-refractivity contribution in [2.24, 2.45) is 0 Å². The third-order valence-corrected chi connectivity index (χ3v) is 6.08. The van der Waals surface area contributed by atoms with E-state index in [0.717, 1.165) is 22.5 Å². The van der Waals surface area contributed by atoms with Crippen LogP contribution in [0.1, 0.15) is 31.0 Å². The lowest BCUT2D eigenvalue weighted by molar-refractivity contribution is 0.628. The first-order chi connectivity index (χ1) is 10.9. The van der Waals surface area contributed by atoms with Crippen LogP contribution in [0.2, 0.25) is 0 Å². The maximum absolute atomic E-state index is 13.2. The highest BCUT2D eigenvalue weighted by Crippen LogP contribution is 2.31. The minimum Gasteiger partial charge on any atom is -0.283 e. The second kappa shape index (κ2) is 5.92. The van der Waals surface area contributed by atoms with Crippen LogP contribution in [0.5, 0.6) is 0 Å². The Morgan fingerprint density at radius 1 is 1.08 bits per heavy atom. The van der Waals surface area contributed by atoms with E-state index in [1.54, 1.807) is 42.3 Å². The van der Waals surface area contributed by atoms with Crippen molar-refractivity contribution in [3.63, 3.8) is 0 Å². The summed E-state index contributed by atoms with van der Waals surface area (Å²) in [7, 11) is -1.28. The molecule has 0 bridgehead atoms. The Morgan fingerprint density at radius 2 is 1.62 bits per heavy atom. The minimum atomic E-state index is -3.02. The van der Waals surface area contributed by atoms with Crippen molar-refractivity contribution in [2.45, 2.75) is 26.7 Å². The molecule has 0 saturated carbocycles. The molecule has 2 aromatic rings. The van der Waals surface area contributed by atoms with E-state index in [-0.39, 0.29) is 11.7 Å². The summed E-state index contributed by atoms with van der Waals surface area (Å²) in [5.74, 6) is 0.332. The van der Waals surface area contributed by atoms with Crippen LogP contribution in [0.3, 0.4) is 0 Å². The molecule has 24 heavy (non-hydrogen) atoms. The molecule has 1 heterocycles. The van der Waals surface area contributed by atoms with E-state index in [2.05, 4.69) is 23.8 Å². The molecule has 0 aliphatic carbocycles. The molecule has 6 heteroatoms. The summed E-state index contributed by atoms with van der Waals surface area (Å²) >= 11 is 0. The molecule has 1 aromatic heterocycles. The van der Waals surface area contributed by atoms with Crippen LogP contribution in [-0.2, 0) is 9.25 Å². The predicted molar refractivity (Wildman–Crippen MR) is 101 cm³/mol. The Morgan fingerprint density at radius 3 is 2.08 bits per heavy atom. The summed E-state index contributed by atoms with van der Waals surface area (Å²) in [5, 5.41) is 0. The zero-order valence-corrected chi connectivity index (χ0v) is 16.2. The van der Waals surface area contributed by atoms with Gasteiger partial charge in [-0.2, -0.15) is 0 Å². The monoisotopic (exact) mass is 351 g/mol. The van der Waals surface area contributed by atoms with Crippen molar-refractivity contribution in [1.82, 2.24) is 9.97 Å². The summed E-state index contributed by atoms with van der Waals surface area (Å²) < 4.78 is 27.8. The van der Waals surface area contributed by atoms with E-state index in [1.807, 2.05) is 6.92 Å². The standard InChI is InChI=1S/C18H26FN3OS/c1-12(2)16-13(3)17(14-8-10-15(19)11-9-14)21-18(20-16)22(4)24(5,6,7)23/h8-12H,1-7H3. The van der Waals surface area contributed by atoms with Crippen molar-refractivity contribution in [3.05, 3.63) is 41.3 Å². The molecule has 0 spiro atoms. The predicted octanol–water partition coefficient (Wildman–Crippen LogP) is 3.78. The van der Waals surface area contributed by atoms with Gasteiger partial charge in [-0.25, -0.2) is 14.4 Å². The van der Waals surface area contributed by atoms with Crippen molar-refractivity contribution in [3.8, 4) is 11.3 Å². The Hall–Kier alpha value is -1.82. The summed E-state index contributed by atoms with van der Waals surface area (Å²) in [6.07, 6.45) is 5.10. The van der Waals surface area contributed by atoms with E-state index in [9.17, 15) is 8.60 Å². The molecule has 0 N–H and O–H groups in total. The Balaban J connectivity index is 2.71. The number of rotatable bonds is 4. The number of hydrogen-bond donors (Lipinski definition) is 0. The molecule has 0 fully saturated rings. The number of aromatic nitrogens is 2. The zero-order valence-electron chi connectivity index (χ0n) is 15.4. The van der Waals surface area contributed by atoms with Crippen LogP contribution in [0.4, 0.5) is 10.3 Å². The van der Waals surface area contributed by atoms with Gasteiger partial charge in [0.1, 0.15) is 5.82 Å². The molecule has 0 amide bonds. The molecule has 0 aliphatic rings. The van der Waals surface area contributed by atoms with Gasteiger partial charge in [0.15, 0.2) is 0 Å². The van der Waals surface area contributed by atoms with E-state index in [4.69, 9.17) is 0 Å². The summed E-state index contributed by atoms with van der Waals surface area (Å²) in [5.41, 5.74) is 3.43. The van der Waals surface area contributed by atoms with E-state index < -0.39 is 9.25 Å². The molecule has 0 radical (unpaired) electrons. The topological polar surface area (TPSA) is 46.1 Å². The van der Waals surface area contributed by atoms with Crippen molar-refractivity contribution >= 4 is 15.2 Å². The molecule has 0 aliphatic heterocycles. The van der Waals surface area contributed by atoms with Gasteiger partial charge < -0.3 is 0 Å². The largest absolute Gasteiger partial charge is 0.283 e. The number of benzene rings is 1. The van der Waals surface area contributed by atoms with Gasteiger partial charge in [-0.3, -0.25) is 8.51 Å². The molecule has 0 saturated heterocycles. The fourth-order valence-corrected chi connectivity index (χ4v) is 3.03. The molecule has 0 unspecified atom stereocenters. The number of halogens is 1. The summed E-state index contributed by atoms with van der Waals surface area (Å²) in [4.78, 5) is 9.30. The molecule has 1 aromatic carbocycles. The van der Waals surface area contributed by atoms with Crippen LogP contribution >= 0.6 is 0 Å². The second-order valence-corrected chi connectivity index (χ2v) is 12.6. The fraction of sp³-hybridized carbons (Fsp3) is 0.444.